The average Bonchev–Trinajstić information content (AvgIpc) is 2.93. The normalized spacial score (nSPS) is 26.1. The van der Waals surface area contributed by atoms with Crippen molar-refractivity contribution >= 4 is 11.4 Å². The summed E-state index contributed by atoms with van der Waals surface area (Å²) in [5.74, 6) is 1.70. The molecule has 1 saturated carbocycles. The number of nitrogens with two attached hydrogens (primary N) is 1. The van der Waals surface area contributed by atoms with Crippen LogP contribution in [0.4, 0.5) is 11.4 Å². The molecule has 2 atom stereocenters. The highest BCUT2D eigenvalue weighted by molar-refractivity contribution is 5.75. The number of para-hydroxylation sites is 1. The van der Waals surface area contributed by atoms with Crippen molar-refractivity contribution in [3.8, 4) is 5.75 Å². The van der Waals surface area contributed by atoms with Crippen LogP contribution >= 0.6 is 0 Å². The van der Waals surface area contributed by atoms with E-state index in [9.17, 15) is 0 Å². The first-order valence-electron chi connectivity index (χ1n) is 6.97. The molecule has 2 bridgehead atoms. The molecular formula is C15H22N2O. The predicted molar refractivity (Wildman–Crippen MR) is 75.1 cm³/mol. The number of hydrogen-bond acceptors (Lipinski definition) is 3. The molecule has 0 spiro atoms. The smallest absolute Gasteiger partial charge is 0.144 e. The molecule has 2 fully saturated rings. The van der Waals surface area contributed by atoms with E-state index in [1.807, 2.05) is 19.9 Å². The lowest BCUT2D eigenvalue weighted by molar-refractivity contribution is 0.244. The number of nitrogens with zero attached hydrogens (tertiary/aromatic N) is 1. The van der Waals surface area contributed by atoms with Gasteiger partial charge in [0.25, 0.3) is 0 Å². The fourth-order valence-corrected chi connectivity index (χ4v) is 3.36. The summed E-state index contributed by atoms with van der Waals surface area (Å²) in [4.78, 5) is 2.48. The minimum atomic E-state index is 0.164. The van der Waals surface area contributed by atoms with Gasteiger partial charge in [-0.3, -0.25) is 0 Å². The third-order valence-electron chi connectivity index (χ3n) is 4.12. The van der Waals surface area contributed by atoms with Crippen LogP contribution in [0.15, 0.2) is 18.2 Å². The first-order chi connectivity index (χ1) is 8.65. The van der Waals surface area contributed by atoms with Crippen LogP contribution in [0.3, 0.4) is 0 Å². The second kappa shape index (κ2) is 4.38. The molecule has 1 saturated heterocycles. The Hall–Kier alpha value is -1.38. The molecule has 3 heteroatoms. The van der Waals surface area contributed by atoms with Crippen molar-refractivity contribution in [2.45, 2.75) is 45.3 Å². The molecule has 98 valence electrons. The molecule has 1 aromatic rings. The number of hydrogen-bond donors (Lipinski definition) is 1. The van der Waals surface area contributed by atoms with E-state index in [0.717, 1.165) is 17.4 Å². The monoisotopic (exact) mass is 246 g/mol. The molecule has 2 unspecified atom stereocenters. The van der Waals surface area contributed by atoms with E-state index in [0.29, 0.717) is 6.04 Å². The third-order valence-corrected chi connectivity index (χ3v) is 4.12. The highest BCUT2D eigenvalue weighted by atomic mass is 16.5. The van der Waals surface area contributed by atoms with Gasteiger partial charge < -0.3 is 15.4 Å². The summed E-state index contributed by atoms with van der Waals surface area (Å²) >= 11 is 0. The van der Waals surface area contributed by atoms with Crippen molar-refractivity contribution in [1.29, 1.82) is 0 Å². The van der Waals surface area contributed by atoms with Crippen molar-refractivity contribution in [2.24, 2.45) is 5.92 Å². The molecule has 3 rings (SSSR count). The van der Waals surface area contributed by atoms with Gasteiger partial charge in [-0.2, -0.15) is 0 Å². The van der Waals surface area contributed by atoms with E-state index >= 15 is 0 Å². The SMILES string of the molecule is CC(C)Oc1cccc(N2CC3CCC2C3)c1N. The Bertz CT molecular complexity index is 444. The van der Waals surface area contributed by atoms with Crippen molar-refractivity contribution in [3.63, 3.8) is 0 Å². The number of anilines is 2. The minimum Gasteiger partial charge on any atom is -0.489 e. The van der Waals surface area contributed by atoms with Crippen LogP contribution in [0.1, 0.15) is 33.1 Å². The maximum atomic E-state index is 6.28. The van der Waals surface area contributed by atoms with E-state index in [2.05, 4.69) is 17.0 Å². The molecule has 1 heterocycles. The molecule has 0 amide bonds. The minimum absolute atomic E-state index is 0.164. The van der Waals surface area contributed by atoms with E-state index in [-0.39, 0.29) is 6.10 Å². The quantitative estimate of drug-likeness (QED) is 0.833. The molecule has 0 radical (unpaired) electrons. The highest BCUT2D eigenvalue weighted by Crippen LogP contribution is 2.43. The molecule has 2 N–H and O–H groups in total. The zero-order chi connectivity index (χ0) is 12.7. The summed E-state index contributed by atoms with van der Waals surface area (Å²) in [6, 6.07) is 6.85. The number of ether oxygens (including phenoxy) is 1. The number of piperidine rings is 1. The maximum Gasteiger partial charge on any atom is 0.144 e. The maximum absolute atomic E-state index is 6.28. The average molecular weight is 246 g/mol. The van der Waals surface area contributed by atoms with Gasteiger partial charge >= 0.3 is 0 Å². The number of nitrogen functional groups attached to an aromatic ring is 1. The van der Waals surface area contributed by atoms with Gasteiger partial charge in [0.15, 0.2) is 0 Å². The lowest BCUT2D eigenvalue weighted by Crippen LogP contribution is -2.32. The zero-order valence-electron chi connectivity index (χ0n) is 11.2. The molecule has 18 heavy (non-hydrogen) atoms. The van der Waals surface area contributed by atoms with E-state index in [1.54, 1.807) is 0 Å². The summed E-state index contributed by atoms with van der Waals surface area (Å²) in [6.45, 7) is 5.23. The zero-order valence-corrected chi connectivity index (χ0v) is 11.2. The van der Waals surface area contributed by atoms with Gasteiger partial charge in [-0.05, 0) is 51.2 Å². The summed E-state index contributed by atoms with van der Waals surface area (Å²) in [5.41, 5.74) is 8.25. The van der Waals surface area contributed by atoms with Crippen molar-refractivity contribution < 1.29 is 4.74 Å². The Labute approximate surface area is 109 Å². The van der Waals surface area contributed by atoms with Crippen LogP contribution in [-0.2, 0) is 0 Å². The summed E-state index contributed by atoms with van der Waals surface area (Å²) < 4.78 is 5.77. The second-order valence-electron chi connectivity index (χ2n) is 5.84. The van der Waals surface area contributed by atoms with Crippen molar-refractivity contribution in [3.05, 3.63) is 18.2 Å². The van der Waals surface area contributed by atoms with Gasteiger partial charge in [0.05, 0.1) is 17.5 Å². The number of rotatable bonds is 3. The summed E-state index contributed by atoms with van der Waals surface area (Å²) in [5, 5.41) is 0. The van der Waals surface area contributed by atoms with E-state index < -0.39 is 0 Å². The van der Waals surface area contributed by atoms with Gasteiger partial charge in [-0.1, -0.05) is 6.07 Å². The standard InChI is InChI=1S/C15H22N2O/c1-10(2)18-14-5-3-4-13(15(14)16)17-9-11-6-7-12(17)8-11/h3-5,10-12H,6-9,16H2,1-2H3. The summed E-state index contributed by atoms with van der Waals surface area (Å²) in [6.07, 6.45) is 4.22. The van der Waals surface area contributed by atoms with Gasteiger partial charge in [0.2, 0.25) is 0 Å². The molecule has 0 aromatic heterocycles. The van der Waals surface area contributed by atoms with Crippen LogP contribution in [0, 0.1) is 5.92 Å². The Morgan fingerprint density at radius 2 is 2.17 bits per heavy atom. The summed E-state index contributed by atoms with van der Waals surface area (Å²) in [7, 11) is 0. The number of fused-ring (bicyclic) bond motifs is 2. The molecule has 1 aromatic carbocycles. The Morgan fingerprint density at radius 1 is 1.33 bits per heavy atom. The van der Waals surface area contributed by atoms with Gasteiger partial charge in [-0.15, -0.1) is 0 Å². The third kappa shape index (κ3) is 1.92. The highest BCUT2D eigenvalue weighted by Gasteiger charge is 2.38. The predicted octanol–water partition coefficient (Wildman–Crippen LogP) is 3.04. The largest absolute Gasteiger partial charge is 0.489 e. The van der Waals surface area contributed by atoms with Gasteiger partial charge in [0.1, 0.15) is 5.75 Å². The van der Waals surface area contributed by atoms with Crippen LogP contribution in [0.25, 0.3) is 0 Å². The van der Waals surface area contributed by atoms with Crippen LogP contribution in [-0.4, -0.2) is 18.7 Å². The van der Waals surface area contributed by atoms with Gasteiger partial charge in [0, 0.05) is 12.6 Å². The molecular weight excluding hydrogens is 224 g/mol. The first-order valence-corrected chi connectivity index (χ1v) is 6.97. The Morgan fingerprint density at radius 3 is 2.78 bits per heavy atom. The van der Waals surface area contributed by atoms with Crippen LogP contribution in [0.5, 0.6) is 5.75 Å². The van der Waals surface area contributed by atoms with E-state index in [4.69, 9.17) is 10.5 Å². The fourth-order valence-electron chi connectivity index (χ4n) is 3.36. The van der Waals surface area contributed by atoms with Crippen LogP contribution in [0.2, 0.25) is 0 Å². The molecule has 2 aliphatic rings. The topological polar surface area (TPSA) is 38.5 Å². The molecule has 3 nitrogen and oxygen atoms in total. The molecule has 1 aliphatic heterocycles. The fraction of sp³-hybridized carbons (Fsp3) is 0.600. The van der Waals surface area contributed by atoms with Gasteiger partial charge in [-0.25, -0.2) is 0 Å². The van der Waals surface area contributed by atoms with Crippen molar-refractivity contribution in [1.82, 2.24) is 0 Å². The number of benzene rings is 1. The second-order valence-corrected chi connectivity index (χ2v) is 5.84. The first kappa shape index (κ1) is 11.7. The Kier molecular flexibility index (Phi) is 2.84. The Balaban J connectivity index is 1.88. The lowest BCUT2D eigenvalue weighted by atomic mass is 10.1. The lowest BCUT2D eigenvalue weighted by Gasteiger charge is -2.30. The molecule has 1 aliphatic carbocycles. The van der Waals surface area contributed by atoms with Crippen LogP contribution < -0.4 is 15.4 Å². The van der Waals surface area contributed by atoms with Crippen molar-refractivity contribution in [2.75, 3.05) is 17.2 Å². The van der Waals surface area contributed by atoms with E-state index in [1.165, 1.54) is 31.5 Å².